The molecule has 65 heavy (non-hydrogen) atoms. The predicted molar refractivity (Wildman–Crippen MR) is 281 cm³/mol. The number of anilines is 5. The Balaban J connectivity index is 1.07. The molecule has 0 spiro atoms. The first-order valence-corrected chi connectivity index (χ1v) is 26.1. The summed E-state index contributed by atoms with van der Waals surface area (Å²) in [6.45, 7) is 0. The molecule has 2 unspecified atom stereocenters. The molecule has 10 aromatic rings. The normalized spacial score (nSPS) is 16.4. The molecule has 0 bridgehead atoms. The van der Waals surface area contributed by atoms with Crippen molar-refractivity contribution in [3.8, 4) is 11.1 Å². The summed E-state index contributed by atoms with van der Waals surface area (Å²) in [6, 6.07) is 83.9. The van der Waals surface area contributed by atoms with E-state index in [1.807, 2.05) is 23.1 Å². The predicted octanol–water partition coefficient (Wildman–Crippen LogP) is 13.7. The first-order valence-electron chi connectivity index (χ1n) is 22.4. The van der Waals surface area contributed by atoms with Crippen LogP contribution in [-0.2, 0) is 0 Å². The lowest BCUT2D eigenvalue weighted by Crippen LogP contribution is -2.72. The van der Waals surface area contributed by atoms with Crippen LogP contribution >= 0.6 is 23.1 Å². The van der Waals surface area contributed by atoms with Gasteiger partial charge in [-0.2, -0.15) is 0 Å². The van der Waals surface area contributed by atoms with Gasteiger partial charge >= 0.3 is 0 Å². The van der Waals surface area contributed by atoms with Crippen LogP contribution in [0.25, 0.3) is 31.3 Å². The summed E-state index contributed by atoms with van der Waals surface area (Å²) >= 11 is 3.86. The van der Waals surface area contributed by atoms with E-state index in [0.29, 0.717) is 11.2 Å². The van der Waals surface area contributed by atoms with E-state index >= 15 is 0 Å². The molecule has 0 N–H and O–H groups in total. The molecule has 3 aliphatic rings. The number of thiophene rings is 1. The molecule has 0 saturated carbocycles. The zero-order valence-electron chi connectivity index (χ0n) is 35.5. The van der Waals surface area contributed by atoms with Crippen molar-refractivity contribution in [3.63, 3.8) is 0 Å². The van der Waals surface area contributed by atoms with Gasteiger partial charge in [0.25, 0.3) is 0 Å². The number of thioether (sulfide) groups is 1. The van der Waals surface area contributed by atoms with Crippen LogP contribution in [0, 0.1) is 0 Å². The molecular formula is C60H42N2S2Si. The lowest BCUT2D eigenvalue weighted by molar-refractivity contribution is 0.863. The molecule has 5 heteroatoms. The maximum absolute atomic E-state index is 2.96. The first kappa shape index (κ1) is 38.3. The molecule has 2 aliphatic heterocycles. The van der Waals surface area contributed by atoms with Crippen LogP contribution in [0.3, 0.4) is 0 Å². The van der Waals surface area contributed by atoms with E-state index < -0.39 is 8.07 Å². The highest BCUT2D eigenvalue weighted by atomic mass is 32.2. The minimum absolute atomic E-state index is 0.298. The summed E-state index contributed by atoms with van der Waals surface area (Å²) in [4.78, 5) is 6.38. The van der Waals surface area contributed by atoms with E-state index in [9.17, 15) is 0 Å². The Morgan fingerprint density at radius 3 is 1.82 bits per heavy atom. The van der Waals surface area contributed by atoms with Crippen molar-refractivity contribution in [1.29, 1.82) is 0 Å². The van der Waals surface area contributed by atoms with E-state index in [2.05, 4.69) is 252 Å². The van der Waals surface area contributed by atoms with E-state index in [-0.39, 0.29) is 0 Å². The number of hydrogen-bond donors (Lipinski definition) is 0. The topological polar surface area (TPSA) is 6.48 Å². The molecule has 2 nitrogen and oxygen atoms in total. The average Bonchev–Trinajstić information content (AvgIpc) is 4.03. The van der Waals surface area contributed by atoms with Crippen LogP contribution in [0.5, 0.6) is 0 Å². The van der Waals surface area contributed by atoms with Crippen molar-refractivity contribution in [2.45, 2.75) is 16.1 Å². The fourth-order valence-corrected chi connectivity index (χ4v) is 18.6. The summed E-state index contributed by atoms with van der Waals surface area (Å²) in [5.74, 6) is 0.298. The third-order valence-electron chi connectivity index (χ3n) is 13.6. The zero-order valence-corrected chi connectivity index (χ0v) is 38.1. The van der Waals surface area contributed by atoms with Crippen LogP contribution in [0.15, 0.2) is 253 Å². The molecule has 0 fully saturated rings. The Kier molecular flexibility index (Phi) is 9.16. The minimum atomic E-state index is -2.96. The van der Waals surface area contributed by atoms with E-state index in [4.69, 9.17) is 0 Å². The first-order chi connectivity index (χ1) is 32.2. The molecule has 2 atom stereocenters. The molecule has 1 aromatic heterocycles. The van der Waals surface area contributed by atoms with Gasteiger partial charge < -0.3 is 9.80 Å². The third kappa shape index (κ3) is 6.07. The second kappa shape index (κ2) is 15.5. The average molecular weight is 883 g/mol. The molecule has 13 rings (SSSR count). The number of nitrogens with zero attached hydrogens (tertiary/aromatic N) is 2. The van der Waals surface area contributed by atoms with Gasteiger partial charge in [-0.15, -0.1) is 23.1 Å². The molecule has 1 aliphatic carbocycles. The highest BCUT2D eigenvalue weighted by Gasteiger charge is 2.50. The zero-order chi connectivity index (χ0) is 42.9. The summed E-state index contributed by atoms with van der Waals surface area (Å²) in [5, 5.41) is 8.58. The number of para-hydroxylation sites is 2. The highest BCUT2D eigenvalue weighted by molar-refractivity contribution is 8.00. The number of allylic oxidation sites excluding steroid dienone is 2. The second-order valence-corrected chi connectivity index (χ2v) is 23.2. The molecule has 0 amide bonds. The van der Waals surface area contributed by atoms with Crippen molar-refractivity contribution < 1.29 is 0 Å². The molecule has 0 saturated heterocycles. The van der Waals surface area contributed by atoms with Crippen LogP contribution in [0.4, 0.5) is 28.4 Å². The lowest BCUT2D eigenvalue weighted by atomic mass is 9.90. The summed E-state index contributed by atoms with van der Waals surface area (Å²) < 4.78 is 2.60. The minimum Gasteiger partial charge on any atom is -0.310 e. The smallest absolute Gasteiger partial charge is 0.181 e. The number of benzene rings is 9. The van der Waals surface area contributed by atoms with E-state index in [1.165, 1.54) is 73.9 Å². The molecule has 0 radical (unpaired) electrons. The quantitative estimate of drug-likeness (QED) is 0.140. The Bertz CT molecular complexity index is 3450. The number of rotatable bonds is 8. The van der Waals surface area contributed by atoms with E-state index in [1.54, 1.807) is 0 Å². The summed E-state index contributed by atoms with van der Waals surface area (Å²) in [6.07, 6.45) is 7.33. The number of hydrogen-bond acceptors (Lipinski definition) is 4. The maximum atomic E-state index is 2.55. The van der Waals surface area contributed by atoms with Crippen molar-refractivity contribution in [1.82, 2.24) is 0 Å². The van der Waals surface area contributed by atoms with Crippen LogP contribution in [0.1, 0.15) is 11.5 Å². The Hall–Kier alpha value is -7.15. The van der Waals surface area contributed by atoms with Gasteiger partial charge in [0.2, 0.25) is 0 Å². The maximum Gasteiger partial charge on any atom is 0.181 e. The van der Waals surface area contributed by atoms with Crippen molar-refractivity contribution >= 4 is 101 Å². The van der Waals surface area contributed by atoms with Gasteiger partial charge in [0.05, 0.1) is 5.69 Å². The third-order valence-corrected chi connectivity index (χ3v) is 21.0. The molecule has 308 valence electrons. The fraction of sp³-hybridized carbons (Fsp3) is 0.0333. The van der Waals surface area contributed by atoms with Crippen LogP contribution in [-0.4, -0.2) is 13.3 Å². The van der Waals surface area contributed by atoms with E-state index in [0.717, 1.165) is 22.7 Å². The second-order valence-electron chi connectivity index (χ2n) is 17.1. The Morgan fingerprint density at radius 2 is 1.06 bits per heavy atom. The van der Waals surface area contributed by atoms with Gasteiger partial charge in [-0.1, -0.05) is 170 Å². The van der Waals surface area contributed by atoms with Crippen molar-refractivity contribution in [2.75, 3.05) is 9.80 Å². The van der Waals surface area contributed by atoms with Crippen molar-refractivity contribution in [3.05, 3.63) is 254 Å². The monoisotopic (exact) mass is 882 g/mol. The van der Waals surface area contributed by atoms with Gasteiger partial charge in [0.1, 0.15) is 0 Å². The molecular weight excluding hydrogens is 841 g/mol. The van der Waals surface area contributed by atoms with Gasteiger partial charge in [0.15, 0.2) is 8.07 Å². The van der Waals surface area contributed by atoms with Crippen LogP contribution in [0.2, 0.25) is 0 Å². The van der Waals surface area contributed by atoms with Crippen LogP contribution < -0.4 is 30.5 Å². The van der Waals surface area contributed by atoms with Gasteiger partial charge in [0, 0.05) is 70.2 Å². The van der Waals surface area contributed by atoms with Gasteiger partial charge in [-0.05, 0) is 105 Å². The standard InChI is InChI=1S/C60H42N2S2Si/c1-5-18-41(19-6-1)61(44-32-35-50-48-26-13-15-29-54(48)64-57(50)39-44)45-33-36-51-59(40-45)65(46-22-9-3-10-23-46,47-24-11-4-12-25-47)58-31-17-28-53(60(51)58)62(42-20-7-2-8-21-42)43-34-37-56-52(38-43)49-27-14-16-30-55(49)63-56/h1-40,52,56H. The lowest BCUT2D eigenvalue weighted by Gasteiger charge is -2.34. The molecule has 9 aromatic carbocycles. The highest BCUT2D eigenvalue weighted by Crippen LogP contribution is 2.51. The Labute approximate surface area is 389 Å². The largest absolute Gasteiger partial charge is 0.310 e. The number of fused-ring (bicyclic) bond motifs is 9. The van der Waals surface area contributed by atoms with Crippen molar-refractivity contribution in [2.24, 2.45) is 0 Å². The summed E-state index contributed by atoms with van der Waals surface area (Å²) in [7, 11) is -2.96. The fourth-order valence-electron chi connectivity index (χ4n) is 10.9. The van der Waals surface area contributed by atoms with Gasteiger partial charge in [-0.25, -0.2) is 0 Å². The van der Waals surface area contributed by atoms with Gasteiger partial charge in [-0.3, -0.25) is 0 Å². The molecule has 3 heterocycles. The Morgan fingerprint density at radius 1 is 0.446 bits per heavy atom. The SMILES string of the molecule is C1=CC2Sc3ccccc3C2C=C1N(c1ccccc1)c1cccc2c1-c1ccc(N(c3ccccc3)c3ccc4c(c3)sc3ccccc34)cc1[Si]2(c1ccccc1)c1ccccc1. The summed E-state index contributed by atoms with van der Waals surface area (Å²) in [5.41, 5.74) is 11.0.